The van der Waals surface area contributed by atoms with Gasteiger partial charge in [0, 0.05) is 10.5 Å². The zero-order chi connectivity index (χ0) is 7.98. The van der Waals surface area contributed by atoms with Crippen LogP contribution in [0.15, 0.2) is 4.99 Å². The molecule has 0 aromatic carbocycles. The van der Waals surface area contributed by atoms with Crippen molar-refractivity contribution < 1.29 is 0 Å². The molecular formula is C6H14IN3. The number of aliphatic imine (C=N–C) groups is 1. The van der Waals surface area contributed by atoms with E-state index >= 15 is 0 Å². The predicted octanol–water partition coefficient (Wildman–Crippen LogP) is 0.864. The molecule has 0 aliphatic heterocycles. The molecule has 0 bridgehead atoms. The van der Waals surface area contributed by atoms with Crippen LogP contribution in [0.5, 0.6) is 0 Å². The summed E-state index contributed by atoms with van der Waals surface area (Å²) in [5, 5.41) is 0. The quantitative estimate of drug-likeness (QED) is 0.257. The highest BCUT2D eigenvalue weighted by atomic mass is 127. The molecule has 0 heterocycles. The van der Waals surface area contributed by atoms with E-state index in [9.17, 15) is 0 Å². The molecule has 0 spiro atoms. The SMILES string of the molecule is CC(I)CCCN=C(N)N. The second kappa shape index (κ2) is 5.76. The Balaban J connectivity index is 3.13. The summed E-state index contributed by atoms with van der Waals surface area (Å²) in [5.74, 6) is 0.195. The molecule has 0 aromatic heterocycles. The van der Waals surface area contributed by atoms with E-state index < -0.39 is 0 Å². The first-order valence-corrected chi connectivity index (χ1v) is 4.57. The fourth-order valence-electron chi connectivity index (χ4n) is 0.581. The van der Waals surface area contributed by atoms with Crippen LogP contribution < -0.4 is 11.5 Å². The standard InChI is InChI=1S/C6H14IN3/c1-5(7)3-2-4-10-6(8)9/h5H,2-4H2,1H3,(H4,8,9,10). The van der Waals surface area contributed by atoms with Gasteiger partial charge in [-0.05, 0) is 12.8 Å². The first-order valence-electron chi connectivity index (χ1n) is 3.32. The molecule has 4 heteroatoms. The van der Waals surface area contributed by atoms with Crippen LogP contribution in [0.3, 0.4) is 0 Å². The van der Waals surface area contributed by atoms with Crippen LogP contribution in [0.1, 0.15) is 19.8 Å². The third-order valence-corrected chi connectivity index (χ3v) is 1.68. The lowest BCUT2D eigenvalue weighted by molar-refractivity contribution is 0.754. The maximum Gasteiger partial charge on any atom is 0.185 e. The Kier molecular flexibility index (Phi) is 5.76. The van der Waals surface area contributed by atoms with Gasteiger partial charge in [-0.3, -0.25) is 4.99 Å². The van der Waals surface area contributed by atoms with Crippen LogP contribution in [0, 0.1) is 0 Å². The summed E-state index contributed by atoms with van der Waals surface area (Å²) in [5.41, 5.74) is 10.3. The summed E-state index contributed by atoms with van der Waals surface area (Å²) in [6.07, 6.45) is 2.25. The van der Waals surface area contributed by atoms with E-state index in [2.05, 4.69) is 34.5 Å². The Labute approximate surface area is 75.4 Å². The number of halogens is 1. The molecule has 3 nitrogen and oxygen atoms in total. The van der Waals surface area contributed by atoms with Crippen LogP contribution in [-0.2, 0) is 0 Å². The monoisotopic (exact) mass is 255 g/mol. The van der Waals surface area contributed by atoms with E-state index in [0.29, 0.717) is 3.92 Å². The fraction of sp³-hybridized carbons (Fsp3) is 0.833. The van der Waals surface area contributed by atoms with Crippen molar-refractivity contribution in [2.24, 2.45) is 16.5 Å². The topological polar surface area (TPSA) is 64.4 Å². The molecule has 0 radical (unpaired) electrons. The number of hydrogen-bond donors (Lipinski definition) is 2. The van der Waals surface area contributed by atoms with E-state index in [1.165, 1.54) is 6.42 Å². The minimum Gasteiger partial charge on any atom is -0.370 e. The van der Waals surface area contributed by atoms with Crippen LogP contribution >= 0.6 is 22.6 Å². The van der Waals surface area contributed by atoms with Gasteiger partial charge in [0.15, 0.2) is 5.96 Å². The van der Waals surface area contributed by atoms with Gasteiger partial charge in [0.2, 0.25) is 0 Å². The van der Waals surface area contributed by atoms with Crippen molar-refractivity contribution in [1.29, 1.82) is 0 Å². The van der Waals surface area contributed by atoms with Crippen molar-refractivity contribution in [1.82, 2.24) is 0 Å². The molecule has 1 atom stereocenters. The van der Waals surface area contributed by atoms with E-state index in [1.807, 2.05) is 0 Å². The van der Waals surface area contributed by atoms with E-state index in [-0.39, 0.29) is 5.96 Å². The molecule has 1 unspecified atom stereocenters. The third kappa shape index (κ3) is 8.00. The highest BCUT2D eigenvalue weighted by Crippen LogP contribution is 2.06. The van der Waals surface area contributed by atoms with Crippen LogP contribution in [0.25, 0.3) is 0 Å². The lowest BCUT2D eigenvalue weighted by atomic mass is 10.2. The number of nitrogens with zero attached hydrogens (tertiary/aromatic N) is 1. The smallest absolute Gasteiger partial charge is 0.185 e. The van der Waals surface area contributed by atoms with E-state index in [1.54, 1.807) is 0 Å². The van der Waals surface area contributed by atoms with Crippen LogP contribution in [0.4, 0.5) is 0 Å². The maximum atomic E-state index is 5.14. The molecule has 0 fully saturated rings. The van der Waals surface area contributed by atoms with Gasteiger partial charge in [-0.1, -0.05) is 29.5 Å². The Morgan fingerprint density at radius 2 is 2.20 bits per heavy atom. The molecule has 0 amide bonds. The average Bonchev–Trinajstić information content (AvgIpc) is 1.79. The normalized spacial score (nSPS) is 12.6. The highest BCUT2D eigenvalue weighted by Gasteiger charge is 1.93. The Bertz CT molecular complexity index is 108. The number of rotatable bonds is 4. The van der Waals surface area contributed by atoms with Gasteiger partial charge in [-0.2, -0.15) is 0 Å². The Morgan fingerprint density at radius 3 is 2.60 bits per heavy atom. The van der Waals surface area contributed by atoms with Crippen molar-refractivity contribution in [3.8, 4) is 0 Å². The molecule has 0 saturated heterocycles. The second-order valence-electron chi connectivity index (χ2n) is 2.23. The summed E-state index contributed by atoms with van der Waals surface area (Å²) in [6.45, 7) is 2.94. The molecule has 0 aromatic rings. The highest BCUT2D eigenvalue weighted by molar-refractivity contribution is 14.1. The van der Waals surface area contributed by atoms with Gasteiger partial charge in [0.05, 0.1) is 0 Å². The molecule has 0 rings (SSSR count). The Hall–Kier alpha value is 0. The lowest BCUT2D eigenvalue weighted by Crippen LogP contribution is -2.23. The summed E-state index contributed by atoms with van der Waals surface area (Å²) < 4.78 is 0.715. The minimum atomic E-state index is 0.195. The number of guanidine groups is 1. The predicted molar refractivity (Wildman–Crippen MR) is 53.4 cm³/mol. The molecule has 0 aliphatic carbocycles. The summed E-state index contributed by atoms with van der Waals surface area (Å²) in [6, 6.07) is 0. The first-order chi connectivity index (χ1) is 4.63. The van der Waals surface area contributed by atoms with Crippen molar-refractivity contribution in [3.63, 3.8) is 0 Å². The fourth-order valence-corrected chi connectivity index (χ4v) is 1.02. The number of alkyl halides is 1. The van der Waals surface area contributed by atoms with E-state index in [4.69, 9.17) is 11.5 Å². The number of nitrogens with two attached hydrogens (primary N) is 2. The molecule has 0 saturated carbocycles. The second-order valence-corrected chi connectivity index (χ2v) is 4.36. The average molecular weight is 255 g/mol. The molecule has 0 aliphatic rings. The van der Waals surface area contributed by atoms with Crippen molar-refractivity contribution in [2.75, 3.05) is 6.54 Å². The number of hydrogen-bond acceptors (Lipinski definition) is 1. The van der Waals surface area contributed by atoms with Gasteiger partial charge in [0.25, 0.3) is 0 Å². The third-order valence-electron chi connectivity index (χ3n) is 1.05. The van der Waals surface area contributed by atoms with Crippen molar-refractivity contribution in [2.45, 2.75) is 23.7 Å². The molecule has 10 heavy (non-hydrogen) atoms. The maximum absolute atomic E-state index is 5.14. The zero-order valence-corrected chi connectivity index (χ0v) is 8.34. The molecule has 4 N–H and O–H groups in total. The van der Waals surface area contributed by atoms with E-state index in [0.717, 1.165) is 13.0 Å². The van der Waals surface area contributed by atoms with Gasteiger partial charge in [-0.25, -0.2) is 0 Å². The summed E-state index contributed by atoms with van der Waals surface area (Å²) in [4.78, 5) is 3.87. The minimum absolute atomic E-state index is 0.195. The summed E-state index contributed by atoms with van der Waals surface area (Å²) in [7, 11) is 0. The largest absolute Gasteiger partial charge is 0.370 e. The van der Waals surface area contributed by atoms with Crippen molar-refractivity contribution in [3.05, 3.63) is 0 Å². The first kappa shape index (κ1) is 10.0. The zero-order valence-electron chi connectivity index (χ0n) is 6.18. The van der Waals surface area contributed by atoms with Crippen molar-refractivity contribution >= 4 is 28.6 Å². The lowest BCUT2D eigenvalue weighted by Gasteiger charge is -1.99. The van der Waals surface area contributed by atoms with Gasteiger partial charge in [-0.15, -0.1) is 0 Å². The van der Waals surface area contributed by atoms with Gasteiger partial charge in [0.1, 0.15) is 0 Å². The summed E-state index contributed by atoms with van der Waals surface area (Å²) >= 11 is 2.39. The molecular weight excluding hydrogens is 241 g/mol. The van der Waals surface area contributed by atoms with Gasteiger partial charge < -0.3 is 11.5 Å². The van der Waals surface area contributed by atoms with Gasteiger partial charge >= 0.3 is 0 Å². The van der Waals surface area contributed by atoms with Crippen LogP contribution in [0.2, 0.25) is 0 Å². The van der Waals surface area contributed by atoms with Crippen LogP contribution in [-0.4, -0.2) is 16.4 Å². The Morgan fingerprint density at radius 1 is 1.60 bits per heavy atom. The molecule has 60 valence electrons.